The molecule has 0 bridgehead atoms. The van der Waals surface area contributed by atoms with Crippen molar-refractivity contribution < 1.29 is 18.7 Å². The molecule has 1 aromatic carbocycles. The first-order chi connectivity index (χ1) is 11.2. The number of carbonyl (C=O) groups is 2. The molecule has 120 valence electrons. The Labute approximate surface area is 138 Å². The maximum absolute atomic E-state index is 12.4. The molecule has 6 heteroatoms. The molecule has 0 radical (unpaired) electrons. The number of carbonyl (C=O) groups excluding carboxylic acids is 2. The Hall–Kier alpha value is -2.21. The lowest BCUT2D eigenvalue weighted by Crippen LogP contribution is -2.42. The number of amides is 1. The van der Waals surface area contributed by atoms with Crippen molar-refractivity contribution in [3.05, 3.63) is 60.1 Å². The largest absolute Gasteiger partial charge is 0.466 e. The van der Waals surface area contributed by atoms with E-state index in [4.69, 9.17) is 9.15 Å². The summed E-state index contributed by atoms with van der Waals surface area (Å²) in [7, 11) is 0. The predicted molar refractivity (Wildman–Crippen MR) is 86.5 cm³/mol. The van der Waals surface area contributed by atoms with Crippen molar-refractivity contribution in [2.24, 2.45) is 0 Å². The smallest absolute Gasteiger partial charge is 0.330 e. The highest BCUT2D eigenvalue weighted by molar-refractivity contribution is 7.99. The maximum Gasteiger partial charge on any atom is 0.330 e. The Bertz CT molecular complexity index is 671. The molecule has 0 N–H and O–H groups in total. The van der Waals surface area contributed by atoms with E-state index < -0.39 is 6.04 Å². The third kappa shape index (κ3) is 3.42. The van der Waals surface area contributed by atoms with Crippen LogP contribution in [0.15, 0.2) is 53.1 Å². The quantitative estimate of drug-likeness (QED) is 0.806. The highest BCUT2D eigenvalue weighted by Gasteiger charge is 2.43. The average molecular weight is 331 g/mol. The summed E-state index contributed by atoms with van der Waals surface area (Å²) in [6.07, 6.45) is 1.56. The van der Waals surface area contributed by atoms with Gasteiger partial charge in [-0.1, -0.05) is 30.3 Å². The minimum atomic E-state index is -0.587. The van der Waals surface area contributed by atoms with Gasteiger partial charge >= 0.3 is 5.97 Å². The Morgan fingerprint density at radius 2 is 2.04 bits per heavy atom. The second-order valence-electron chi connectivity index (χ2n) is 5.24. The lowest BCUT2D eigenvalue weighted by Gasteiger charge is -2.25. The molecule has 0 unspecified atom stereocenters. The number of nitrogens with zero attached hydrogens (tertiary/aromatic N) is 1. The minimum Gasteiger partial charge on any atom is -0.466 e. The van der Waals surface area contributed by atoms with Gasteiger partial charge in [0.1, 0.15) is 23.8 Å². The van der Waals surface area contributed by atoms with Crippen LogP contribution in [0, 0.1) is 0 Å². The minimum absolute atomic E-state index is 0.168. The average Bonchev–Trinajstić information content (AvgIpc) is 3.22. The monoisotopic (exact) mass is 331 g/mol. The van der Waals surface area contributed by atoms with E-state index >= 15 is 0 Å². The molecule has 1 aliphatic rings. The van der Waals surface area contributed by atoms with Crippen molar-refractivity contribution in [2.45, 2.75) is 24.9 Å². The fraction of sp³-hybridized carbons (Fsp3) is 0.294. The molecular weight excluding hydrogens is 314 g/mol. The number of benzene rings is 1. The summed E-state index contributed by atoms with van der Waals surface area (Å²) in [6, 6.07) is 12.5. The Balaban J connectivity index is 1.69. The van der Waals surface area contributed by atoms with Gasteiger partial charge < -0.3 is 14.1 Å². The van der Waals surface area contributed by atoms with Crippen LogP contribution < -0.4 is 0 Å². The van der Waals surface area contributed by atoms with Gasteiger partial charge in [0.15, 0.2) is 0 Å². The number of hydrogen-bond donors (Lipinski definition) is 0. The van der Waals surface area contributed by atoms with E-state index in [1.807, 2.05) is 36.4 Å². The van der Waals surface area contributed by atoms with Crippen LogP contribution in [0.1, 0.15) is 23.6 Å². The van der Waals surface area contributed by atoms with Crippen LogP contribution >= 0.6 is 11.8 Å². The molecule has 0 aliphatic carbocycles. The van der Waals surface area contributed by atoms with Gasteiger partial charge in [-0.3, -0.25) is 4.79 Å². The van der Waals surface area contributed by atoms with Crippen LogP contribution in [0.4, 0.5) is 0 Å². The summed E-state index contributed by atoms with van der Waals surface area (Å²) < 4.78 is 10.8. The SMILES string of the molecule is CC(=O)N1[C@@H](c2ccco2)SC[C@H]1C(=O)OCc1ccccc1. The summed E-state index contributed by atoms with van der Waals surface area (Å²) in [6.45, 7) is 1.66. The molecule has 1 fully saturated rings. The van der Waals surface area contributed by atoms with E-state index in [1.54, 1.807) is 12.3 Å². The first kappa shape index (κ1) is 15.7. The van der Waals surface area contributed by atoms with Crippen LogP contribution in [0.3, 0.4) is 0 Å². The molecule has 0 saturated carbocycles. The van der Waals surface area contributed by atoms with Crippen molar-refractivity contribution in [1.82, 2.24) is 4.90 Å². The number of esters is 1. The standard InChI is InChI=1S/C17H17NO4S/c1-12(19)18-14(11-23-16(18)15-8-5-9-21-15)17(20)22-10-13-6-3-2-4-7-13/h2-9,14,16H,10-11H2,1H3/t14-,16+/m0/s1. The summed E-state index contributed by atoms with van der Waals surface area (Å²) in [5.74, 6) is 0.616. The van der Waals surface area contributed by atoms with Gasteiger partial charge in [0, 0.05) is 12.7 Å². The zero-order valence-corrected chi connectivity index (χ0v) is 13.5. The second kappa shape index (κ2) is 6.91. The molecule has 1 amide bonds. The van der Waals surface area contributed by atoms with Crippen LogP contribution in [-0.4, -0.2) is 28.6 Å². The summed E-state index contributed by atoms with van der Waals surface area (Å²) in [5.41, 5.74) is 0.920. The third-order valence-corrected chi connectivity index (χ3v) is 4.93. The van der Waals surface area contributed by atoms with Crippen molar-refractivity contribution in [1.29, 1.82) is 0 Å². The van der Waals surface area contributed by atoms with Crippen LogP contribution in [0.5, 0.6) is 0 Å². The van der Waals surface area contributed by atoms with Crippen molar-refractivity contribution in [2.75, 3.05) is 5.75 Å². The lowest BCUT2D eigenvalue weighted by atomic mass is 10.2. The van der Waals surface area contributed by atoms with Crippen LogP contribution in [-0.2, 0) is 20.9 Å². The van der Waals surface area contributed by atoms with Gasteiger partial charge in [0.05, 0.1) is 6.26 Å². The number of rotatable bonds is 4. The molecule has 2 atom stereocenters. The van der Waals surface area contributed by atoms with Crippen LogP contribution in [0.25, 0.3) is 0 Å². The second-order valence-corrected chi connectivity index (χ2v) is 6.35. The summed E-state index contributed by atoms with van der Waals surface area (Å²) in [5, 5.41) is -0.281. The molecule has 1 saturated heterocycles. The number of hydrogen-bond acceptors (Lipinski definition) is 5. The van der Waals surface area contributed by atoms with Crippen molar-refractivity contribution >= 4 is 23.6 Å². The van der Waals surface area contributed by atoms with E-state index in [0.29, 0.717) is 11.5 Å². The fourth-order valence-corrected chi connectivity index (χ4v) is 3.96. The Kier molecular flexibility index (Phi) is 4.71. The van der Waals surface area contributed by atoms with Gasteiger partial charge in [-0.15, -0.1) is 11.8 Å². The Morgan fingerprint density at radius 3 is 2.70 bits per heavy atom. The first-order valence-electron chi connectivity index (χ1n) is 7.31. The molecule has 1 aromatic heterocycles. The lowest BCUT2D eigenvalue weighted by molar-refractivity contribution is -0.154. The maximum atomic E-state index is 12.4. The zero-order chi connectivity index (χ0) is 16.2. The van der Waals surface area contributed by atoms with E-state index in [0.717, 1.165) is 5.56 Å². The van der Waals surface area contributed by atoms with E-state index in [9.17, 15) is 9.59 Å². The van der Waals surface area contributed by atoms with Gasteiger partial charge in [0.25, 0.3) is 0 Å². The number of furan rings is 1. The highest BCUT2D eigenvalue weighted by Crippen LogP contribution is 2.41. The van der Waals surface area contributed by atoms with Gasteiger partial charge in [-0.25, -0.2) is 4.79 Å². The van der Waals surface area contributed by atoms with Gasteiger partial charge in [-0.2, -0.15) is 0 Å². The van der Waals surface area contributed by atoms with E-state index in [2.05, 4.69) is 0 Å². The molecule has 23 heavy (non-hydrogen) atoms. The van der Waals surface area contributed by atoms with E-state index in [1.165, 1.54) is 23.6 Å². The summed E-state index contributed by atoms with van der Waals surface area (Å²) in [4.78, 5) is 25.9. The van der Waals surface area contributed by atoms with Gasteiger partial charge in [0.2, 0.25) is 5.91 Å². The summed E-state index contributed by atoms with van der Waals surface area (Å²) >= 11 is 1.51. The molecule has 1 aliphatic heterocycles. The predicted octanol–water partition coefficient (Wildman–Crippen LogP) is 2.99. The molecule has 3 rings (SSSR count). The fourth-order valence-electron chi connectivity index (χ4n) is 2.55. The molecule has 2 heterocycles. The number of thioether (sulfide) groups is 1. The molecule has 5 nitrogen and oxygen atoms in total. The van der Waals surface area contributed by atoms with Crippen molar-refractivity contribution in [3.8, 4) is 0 Å². The zero-order valence-electron chi connectivity index (χ0n) is 12.7. The first-order valence-corrected chi connectivity index (χ1v) is 8.36. The van der Waals surface area contributed by atoms with Crippen molar-refractivity contribution in [3.63, 3.8) is 0 Å². The van der Waals surface area contributed by atoms with Gasteiger partial charge in [-0.05, 0) is 17.7 Å². The number of ether oxygens (including phenoxy) is 1. The Morgan fingerprint density at radius 1 is 1.26 bits per heavy atom. The molecular formula is C17H17NO4S. The molecule has 0 spiro atoms. The molecule has 2 aromatic rings. The highest BCUT2D eigenvalue weighted by atomic mass is 32.2. The normalized spacial score (nSPS) is 20.5. The topological polar surface area (TPSA) is 59.8 Å². The van der Waals surface area contributed by atoms with E-state index in [-0.39, 0.29) is 23.9 Å². The van der Waals surface area contributed by atoms with Crippen LogP contribution in [0.2, 0.25) is 0 Å². The third-order valence-electron chi connectivity index (χ3n) is 3.65.